The van der Waals surface area contributed by atoms with Gasteiger partial charge in [-0.3, -0.25) is 0 Å². The van der Waals surface area contributed by atoms with Crippen molar-refractivity contribution in [2.45, 2.75) is 95.8 Å². The molecule has 0 aliphatic rings. The molecule has 0 radical (unpaired) electrons. The highest BCUT2D eigenvalue weighted by molar-refractivity contribution is 7.87. The van der Waals surface area contributed by atoms with Gasteiger partial charge in [-0.15, -0.1) is 0 Å². The molecule has 0 aliphatic carbocycles. The van der Waals surface area contributed by atoms with Gasteiger partial charge in [0.2, 0.25) is 0 Å². The second-order valence-corrected chi connectivity index (χ2v) is 10.9. The van der Waals surface area contributed by atoms with Crippen molar-refractivity contribution in [3.8, 4) is 0 Å². The Morgan fingerprint density at radius 3 is 0.873 bits per heavy atom. The molecule has 0 fully saturated rings. The molecule has 0 aliphatic heterocycles. The van der Waals surface area contributed by atoms with Crippen molar-refractivity contribution in [1.29, 1.82) is 0 Å². The summed E-state index contributed by atoms with van der Waals surface area (Å²) in [5.41, 5.74) is 0. The van der Waals surface area contributed by atoms with E-state index in [4.69, 9.17) is 0 Å². The van der Waals surface area contributed by atoms with E-state index in [0.29, 0.717) is 0 Å². The van der Waals surface area contributed by atoms with E-state index in [0.717, 1.165) is 9.47 Å². The molecule has 0 amide bonds. The van der Waals surface area contributed by atoms with Crippen molar-refractivity contribution in [1.82, 2.24) is 0 Å². The Morgan fingerprint density at radius 2 is 0.582 bits per heavy atom. The van der Waals surface area contributed by atoms with Crippen LogP contribution in [0, 0.1) is 0 Å². The van der Waals surface area contributed by atoms with E-state index in [2.05, 4.69) is 0 Å². The number of alkyl halides is 33. The number of hydrogen-bond donors (Lipinski definition) is 0. The molecule has 0 aromatic rings. The fraction of sp³-hybridized carbons (Fsp3) is 1.00. The second kappa shape index (κ2) is 13.3. The highest BCUT2D eigenvalue weighted by atomic mass is 32.2. The van der Waals surface area contributed by atoms with Crippen LogP contribution in [0.4, 0.5) is 145 Å². The lowest BCUT2D eigenvalue weighted by atomic mass is 9.97. The van der Waals surface area contributed by atoms with Crippen LogP contribution in [0.1, 0.15) is 0 Å². The quantitative estimate of drug-likeness (QED) is 0.108. The Hall–Kier alpha value is -2.48. The molecule has 0 aromatic carbocycles. The van der Waals surface area contributed by atoms with Crippen molar-refractivity contribution >= 4 is 10.1 Å². The Bertz CT molecular complexity index is 1490. The molecule has 0 heterocycles. The van der Waals surface area contributed by atoms with Crippen LogP contribution < -0.4 is 0 Å². The van der Waals surface area contributed by atoms with Gasteiger partial charge in [-0.1, -0.05) is 0 Å². The van der Waals surface area contributed by atoms with Crippen LogP contribution in [0.3, 0.4) is 0 Å². The lowest BCUT2D eigenvalue weighted by Gasteiger charge is -2.40. The van der Waals surface area contributed by atoms with Gasteiger partial charge in [0, 0.05) is 0 Å². The van der Waals surface area contributed by atoms with Crippen LogP contribution in [0.2, 0.25) is 0 Å². The van der Waals surface area contributed by atoms with E-state index < -0.39 is 106 Å². The Morgan fingerprint density at radius 1 is 0.327 bits per heavy atom. The molecule has 0 aromatic heterocycles. The maximum absolute atomic E-state index is 13.6. The summed E-state index contributed by atoms with van der Waals surface area (Å²) in [5.74, 6) is -70.6. The molecule has 0 saturated heterocycles. The van der Waals surface area contributed by atoms with Gasteiger partial charge in [0.1, 0.15) is 0 Å². The van der Waals surface area contributed by atoms with Crippen molar-refractivity contribution in [3.05, 3.63) is 0 Å². The maximum atomic E-state index is 13.6. The molecular weight excluding hydrogens is 931 g/mol. The summed E-state index contributed by atoms with van der Waals surface area (Å²) in [7, 11) is -9.19. The van der Waals surface area contributed by atoms with E-state index in [1.165, 1.54) is 4.18 Å². The van der Waals surface area contributed by atoms with Crippen LogP contribution in [0.25, 0.3) is 0 Å². The van der Waals surface area contributed by atoms with Gasteiger partial charge in [0.25, 0.3) is 6.36 Å². The van der Waals surface area contributed by atoms with Gasteiger partial charge >= 0.3 is 99.5 Å². The van der Waals surface area contributed by atoms with E-state index >= 15 is 0 Å². The summed E-state index contributed by atoms with van der Waals surface area (Å²) in [6.45, 7) is 0. The first kappa shape index (κ1) is 52.5. The molecule has 1 unspecified atom stereocenters. The molecule has 55 heavy (non-hydrogen) atoms. The lowest BCUT2D eigenvalue weighted by molar-refractivity contribution is -0.557. The number of ether oxygens (including phenoxy) is 2. The van der Waals surface area contributed by atoms with Crippen molar-refractivity contribution in [3.63, 3.8) is 0 Å². The van der Waals surface area contributed by atoms with E-state index in [-0.39, 0.29) is 0 Å². The highest BCUT2D eigenvalue weighted by Gasteiger charge is 2.93. The average molecular weight is 932 g/mol. The van der Waals surface area contributed by atoms with Gasteiger partial charge in [-0.05, 0) is 0 Å². The number of rotatable bonds is 17. The Labute approximate surface area is 274 Å². The first-order valence-electron chi connectivity index (χ1n) is 11.1. The van der Waals surface area contributed by atoms with Crippen molar-refractivity contribution < 1.29 is 167 Å². The number of halogens is 33. The summed E-state index contributed by atoms with van der Waals surface area (Å²) >= 11 is 0. The molecule has 0 saturated carbocycles. The molecule has 0 spiro atoms. The third kappa shape index (κ3) is 7.65. The van der Waals surface area contributed by atoms with Crippen LogP contribution in [0.5, 0.6) is 0 Å². The van der Waals surface area contributed by atoms with Gasteiger partial charge < -0.3 is 0 Å². The standard InChI is InChI=1S/C16HF33O5S/c17-1(52-55(50,51)16(48,49)9(32,33)7(28,29)11(37,38)39)2(18,19)3(20,21)12(40,41)53-14(44,45)15(46,47)54-13(42,43)8(30,31)5(24,25)4(22,23)6(26,27)10(34,35)36/h1H. The number of hydrogen-bond acceptors (Lipinski definition) is 5. The van der Waals surface area contributed by atoms with Crippen molar-refractivity contribution in [2.24, 2.45) is 0 Å². The molecular formula is C16HF33O5S. The highest BCUT2D eigenvalue weighted by Crippen LogP contribution is 2.62. The average Bonchev–Trinajstić information content (AvgIpc) is 2.89. The predicted molar refractivity (Wildman–Crippen MR) is 93.5 cm³/mol. The smallest absolute Gasteiger partial charge is 0.243 e. The first-order valence-corrected chi connectivity index (χ1v) is 12.5. The fourth-order valence-electron chi connectivity index (χ4n) is 2.41. The fourth-order valence-corrected chi connectivity index (χ4v) is 3.32. The largest absolute Gasteiger partial charge is 0.460 e. The minimum Gasteiger partial charge on any atom is -0.243 e. The van der Waals surface area contributed by atoms with Crippen LogP contribution in [0.15, 0.2) is 0 Å². The molecule has 0 N–H and O–H groups in total. The lowest BCUT2D eigenvalue weighted by Crippen LogP contribution is -2.71. The monoisotopic (exact) mass is 932 g/mol. The molecule has 0 bridgehead atoms. The third-order valence-corrected chi connectivity index (χ3v) is 6.77. The summed E-state index contributed by atoms with van der Waals surface area (Å²) in [5, 5.41) is -8.53. The predicted octanol–water partition coefficient (Wildman–Crippen LogP) is 9.83. The third-order valence-electron chi connectivity index (χ3n) is 5.47. The normalized spacial score (nSPS) is 17.5. The first-order chi connectivity index (χ1) is 23.0. The summed E-state index contributed by atoms with van der Waals surface area (Å²) < 4.78 is 456. The van der Waals surface area contributed by atoms with Gasteiger partial charge in [-0.2, -0.15) is 149 Å². The second-order valence-electron chi connectivity index (χ2n) is 9.29. The summed E-state index contributed by atoms with van der Waals surface area (Å²) in [4.78, 5) is 0. The molecule has 39 heteroatoms. The molecule has 1 atom stereocenters. The van der Waals surface area contributed by atoms with Gasteiger partial charge in [0.15, 0.2) is 0 Å². The molecule has 0 rings (SSSR count). The van der Waals surface area contributed by atoms with Crippen molar-refractivity contribution in [2.75, 3.05) is 0 Å². The van der Waals surface area contributed by atoms with E-state index in [1.54, 1.807) is 0 Å². The SMILES string of the molecule is O=S(=O)(OC(F)C(F)(F)C(F)(F)C(F)(F)OC(F)(F)C(F)(F)OC(F)(F)C(F)(F)C(F)(F)C(F)(F)C(F)(F)C(F)(F)F)C(F)(F)C(F)(F)C(F)(F)C(F)(F)F. The van der Waals surface area contributed by atoms with E-state index in [9.17, 15) is 153 Å². The summed E-state index contributed by atoms with van der Waals surface area (Å²) in [6, 6.07) is 0. The topological polar surface area (TPSA) is 61.8 Å². The van der Waals surface area contributed by atoms with Crippen LogP contribution in [-0.2, 0) is 23.8 Å². The zero-order valence-corrected chi connectivity index (χ0v) is 23.8. The van der Waals surface area contributed by atoms with Gasteiger partial charge in [0.05, 0.1) is 0 Å². The zero-order chi connectivity index (χ0) is 45.7. The Balaban J connectivity index is 6.86. The van der Waals surface area contributed by atoms with Crippen LogP contribution >= 0.6 is 0 Å². The van der Waals surface area contributed by atoms with Crippen LogP contribution in [-0.4, -0.2) is 104 Å². The maximum Gasteiger partial charge on any atom is 0.460 e. The zero-order valence-electron chi connectivity index (χ0n) is 23.0. The van der Waals surface area contributed by atoms with E-state index in [1.807, 2.05) is 0 Å². The van der Waals surface area contributed by atoms with Gasteiger partial charge in [-0.25, -0.2) is 18.0 Å². The minimum absolute atomic E-state index is 0.742. The molecule has 5 nitrogen and oxygen atoms in total. The Kier molecular flexibility index (Phi) is 12.7. The molecule has 332 valence electrons. The summed E-state index contributed by atoms with van der Waals surface area (Å²) in [6.07, 6.45) is -58.5. The minimum atomic E-state index is -9.21.